The van der Waals surface area contributed by atoms with Crippen LogP contribution in [0.1, 0.15) is 18.9 Å². The van der Waals surface area contributed by atoms with Crippen LogP contribution in [0.3, 0.4) is 0 Å². The molecule has 0 fully saturated rings. The molecule has 0 aromatic carbocycles. The normalized spacial score (nSPS) is 12.9. The summed E-state index contributed by atoms with van der Waals surface area (Å²) in [5.74, 6) is 0. The number of pyridine rings is 1. The highest BCUT2D eigenvalue weighted by molar-refractivity contribution is 5.10. The maximum absolute atomic E-state index is 5.78. The lowest BCUT2D eigenvalue weighted by molar-refractivity contribution is 0.646. The van der Waals surface area contributed by atoms with E-state index in [2.05, 4.69) is 11.9 Å². The lowest BCUT2D eigenvalue weighted by atomic mass is 10.1. The molecular weight excluding hydrogens is 136 g/mol. The van der Waals surface area contributed by atoms with E-state index in [1.807, 2.05) is 12.1 Å². The van der Waals surface area contributed by atoms with Gasteiger partial charge in [-0.25, -0.2) is 0 Å². The fourth-order valence-electron chi connectivity index (χ4n) is 0.966. The van der Waals surface area contributed by atoms with Crippen LogP contribution in [-0.4, -0.2) is 11.0 Å². The van der Waals surface area contributed by atoms with Crippen LogP contribution < -0.4 is 5.73 Å². The van der Waals surface area contributed by atoms with Crippen molar-refractivity contribution in [3.8, 4) is 0 Å². The summed E-state index contributed by atoms with van der Waals surface area (Å²) in [6.07, 6.45) is 5.59. The van der Waals surface area contributed by atoms with Gasteiger partial charge in [0.15, 0.2) is 0 Å². The second-order valence-corrected chi connectivity index (χ2v) is 2.73. The Morgan fingerprint density at radius 1 is 1.45 bits per heavy atom. The zero-order chi connectivity index (χ0) is 8.10. The predicted octanol–water partition coefficient (Wildman–Crippen LogP) is 1.36. The smallest absolute Gasteiger partial charge is 0.0270 e. The standard InChI is InChI=1S/C9H14N2/c1-2-9(10)7-8-3-5-11-6-4-8/h3-6,9H,2,7,10H2,1H3. The van der Waals surface area contributed by atoms with Gasteiger partial charge in [-0.1, -0.05) is 6.92 Å². The van der Waals surface area contributed by atoms with E-state index in [4.69, 9.17) is 5.73 Å². The summed E-state index contributed by atoms with van der Waals surface area (Å²) < 4.78 is 0. The van der Waals surface area contributed by atoms with E-state index in [0.717, 1.165) is 12.8 Å². The van der Waals surface area contributed by atoms with E-state index in [1.54, 1.807) is 12.4 Å². The monoisotopic (exact) mass is 150 g/mol. The minimum absolute atomic E-state index is 0.289. The van der Waals surface area contributed by atoms with Crippen LogP contribution in [0.5, 0.6) is 0 Å². The predicted molar refractivity (Wildman–Crippen MR) is 46.2 cm³/mol. The van der Waals surface area contributed by atoms with E-state index in [0.29, 0.717) is 0 Å². The molecule has 60 valence electrons. The molecule has 0 saturated carbocycles. The molecule has 0 amide bonds. The molecule has 1 atom stereocenters. The molecule has 0 aliphatic carbocycles. The van der Waals surface area contributed by atoms with Crippen LogP contribution in [0, 0.1) is 0 Å². The first-order valence-corrected chi connectivity index (χ1v) is 3.97. The second-order valence-electron chi connectivity index (χ2n) is 2.73. The molecule has 1 rings (SSSR count). The Labute approximate surface area is 67.5 Å². The zero-order valence-corrected chi connectivity index (χ0v) is 6.83. The van der Waals surface area contributed by atoms with Crippen molar-refractivity contribution in [1.29, 1.82) is 0 Å². The van der Waals surface area contributed by atoms with Crippen LogP contribution in [0.25, 0.3) is 0 Å². The van der Waals surface area contributed by atoms with Crippen molar-refractivity contribution in [3.63, 3.8) is 0 Å². The van der Waals surface area contributed by atoms with Crippen molar-refractivity contribution in [2.45, 2.75) is 25.8 Å². The highest BCUT2D eigenvalue weighted by Gasteiger charge is 1.99. The van der Waals surface area contributed by atoms with E-state index in [9.17, 15) is 0 Å². The minimum atomic E-state index is 0.289. The van der Waals surface area contributed by atoms with Crippen molar-refractivity contribution < 1.29 is 0 Å². The number of aromatic nitrogens is 1. The van der Waals surface area contributed by atoms with Gasteiger partial charge in [0.2, 0.25) is 0 Å². The Morgan fingerprint density at radius 3 is 2.64 bits per heavy atom. The van der Waals surface area contributed by atoms with Crippen molar-refractivity contribution in [2.24, 2.45) is 5.73 Å². The highest BCUT2D eigenvalue weighted by atomic mass is 14.6. The maximum Gasteiger partial charge on any atom is 0.0270 e. The first-order valence-electron chi connectivity index (χ1n) is 3.97. The van der Waals surface area contributed by atoms with E-state index in [-0.39, 0.29) is 6.04 Å². The second kappa shape index (κ2) is 4.09. The van der Waals surface area contributed by atoms with E-state index < -0.39 is 0 Å². The first kappa shape index (κ1) is 8.21. The van der Waals surface area contributed by atoms with Gasteiger partial charge in [-0.2, -0.15) is 0 Å². The molecule has 2 nitrogen and oxygen atoms in total. The zero-order valence-electron chi connectivity index (χ0n) is 6.83. The van der Waals surface area contributed by atoms with Crippen LogP contribution in [0.2, 0.25) is 0 Å². The molecule has 0 spiro atoms. The van der Waals surface area contributed by atoms with Crippen LogP contribution in [-0.2, 0) is 6.42 Å². The quantitative estimate of drug-likeness (QED) is 0.706. The molecule has 0 bridgehead atoms. The average Bonchev–Trinajstić information content (AvgIpc) is 2.06. The van der Waals surface area contributed by atoms with Crippen molar-refractivity contribution >= 4 is 0 Å². The Bertz CT molecular complexity index is 196. The molecular formula is C9H14N2. The van der Waals surface area contributed by atoms with E-state index >= 15 is 0 Å². The lowest BCUT2D eigenvalue weighted by Crippen LogP contribution is -2.21. The van der Waals surface area contributed by atoms with Crippen LogP contribution in [0.4, 0.5) is 0 Å². The summed E-state index contributed by atoms with van der Waals surface area (Å²) in [4.78, 5) is 3.94. The summed E-state index contributed by atoms with van der Waals surface area (Å²) >= 11 is 0. The van der Waals surface area contributed by atoms with Crippen molar-refractivity contribution in [2.75, 3.05) is 0 Å². The van der Waals surface area contributed by atoms with Gasteiger partial charge < -0.3 is 5.73 Å². The third kappa shape index (κ3) is 2.68. The molecule has 1 unspecified atom stereocenters. The topological polar surface area (TPSA) is 38.9 Å². The van der Waals surface area contributed by atoms with Crippen LogP contribution in [0.15, 0.2) is 24.5 Å². The average molecular weight is 150 g/mol. The van der Waals surface area contributed by atoms with Gasteiger partial charge in [0.05, 0.1) is 0 Å². The summed E-state index contributed by atoms with van der Waals surface area (Å²) in [7, 11) is 0. The van der Waals surface area contributed by atoms with Gasteiger partial charge in [0, 0.05) is 18.4 Å². The van der Waals surface area contributed by atoms with Gasteiger partial charge >= 0.3 is 0 Å². The SMILES string of the molecule is CCC(N)Cc1ccncc1. The minimum Gasteiger partial charge on any atom is -0.327 e. The summed E-state index contributed by atoms with van der Waals surface area (Å²) in [6.45, 7) is 2.10. The molecule has 2 heteroatoms. The number of nitrogens with zero attached hydrogens (tertiary/aromatic N) is 1. The van der Waals surface area contributed by atoms with Crippen molar-refractivity contribution in [3.05, 3.63) is 30.1 Å². The van der Waals surface area contributed by atoms with Gasteiger partial charge in [-0.15, -0.1) is 0 Å². The molecule has 0 saturated heterocycles. The van der Waals surface area contributed by atoms with Gasteiger partial charge in [-0.05, 0) is 30.5 Å². The molecule has 1 heterocycles. The Morgan fingerprint density at radius 2 is 2.09 bits per heavy atom. The third-order valence-electron chi connectivity index (χ3n) is 1.77. The summed E-state index contributed by atoms with van der Waals surface area (Å²) in [5.41, 5.74) is 7.06. The molecule has 0 aliphatic rings. The fourth-order valence-corrected chi connectivity index (χ4v) is 0.966. The van der Waals surface area contributed by atoms with Crippen molar-refractivity contribution in [1.82, 2.24) is 4.98 Å². The largest absolute Gasteiger partial charge is 0.327 e. The number of nitrogens with two attached hydrogens (primary N) is 1. The van der Waals surface area contributed by atoms with Crippen LogP contribution >= 0.6 is 0 Å². The summed E-state index contributed by atoms with van der Waals surface area (Å²) in [6, 6.07) is 4.31. The Hall–Kier alpha value is -0.890. The highest BCUT2D eigenvalue weighted by Crippen LogP contribution is 2.01. The molecule has 0 aliphatic heterocycles. The Kier molecular flexibility index (Phi) is 3.05. The van der Waals surface area contributed by atoms with E-state index in [1.165, 1.54) is 5.56 Å². The molecule has 2 N–H and O–H groups in total. The number of hydrogen-bond acceptors (Lipinski definition) is 2. The molecule has 1 aromatic heterocycles. The lowest BCUT2D eigenvalue weighted by Gasteiger charge is -2.06. The third-order valence-corrected chi connectivity index (χ3v) is 1.77. The molecule has 0 radical (unpaired) electrons. The molecule has 1 aromatic rings. The fraction of sp³-hybridized carbons (Fsp3) is 0.444. The van der Waals surface area contributed by atoms with Gasteiger partial charge in [0.1, 0.15) is 0 Å². The maximum atomic E-state index is 5.78. The number of rotatable bonds is 3. The molecule has 11 heavy (non-hydrogen) atoms. The van der Waals surface area contributed by atoms with Gasteiger partial charge in [0.25, 0.3) is 0 Å². The number of hydrogen-bond donors (Lipinski definition) is 1. The van der Waals surface area contributed by atoms with Gasteiger partial charge in [-0.3, -0.25) is 4.98 Å². The summed E-state index contributed by atoms with van der Waals surface area (Å²) in [5, 5.41) is 0. The Balaban J connectivity index is 2.51. The first-order chi connectivity index (χ1) is 5.33.